The molecule has 7 aliphatic rings. The molecule has 44 heavy (non-hydrogen) atoms. The summed E-state index contributed by atoms with van der Waals surface area (Å²) in [5.74, 6) is -3.57. The van der Waals surface area contributed by atoms with Crippen LogP contribution in [-0.4, -0.2) is 61.0 Å². The number of benzene rings is 2. The number of nitrogens with zero attached hydrogens (tertiary/aromatic N) is 1. The SMILES string of the molecule is O=C(O)C12C3C4C1C1C2C3C41C(=O)N1CC(S(=O)(=O)c2ccc(F)cc2)[C@@H](c2ccc(C(F)(C(F)(F)F)C(F)(F)F)cc2)C1. The first-order chi connectivity index (χ1) is 20.4. The third-order valence-corrected chi connectivity index (χ3v) is 14.2. The Balaban J connectivity index is 1.12. The lowest BCUT2D eigenvalue weighted by atomic mass is 8.92. The molecule has 0 aromatic heterocycles. The van der Waals surface area contributed by atoms with Gasteiger partial charge in [-0.2, -0.15) is 26.3 Å². The van der Waals surface area contributed by atoms with Crippen molar-refractivity contribution in [2.24, 2.45) is 46.3 Å². The van der Waals surface area contributed by atoms with E-state index in [1.54, 1.807) is 0 Å². The molecule has 1 amide bonds. The van der Waals surface area contributed by atoms with Crippen LogP contribution in [0.3, 0.4) is 0 Å². The van der Waals surface area contributed by atoms with Gasteiger partial charge in [-0.05, 0) is 65.3 Å². The fourth-order valence-electron chi connectivity index (χ4n) is 10.5. The zero-order valence-electron chi connectivity index (χ0n) is 22.1. The van der Waals surface area contributed by atoms with Crippen LogP contribution < -0.4 is 0 Å². The number of hydrogen-bond donors (Lipinski definition) is 1. The van der Waals surface area contributed by atoms with Crippen molar-refractivity contribution in [3.05, 3.63) is 65.5 Å². The molecular formula is C29H21F8NO5S. The molecule has 6 aliphatic carbocycles. The van der Waals surface area contributed by atoms with Gasteiger partial charge in [-0.1, -0.05) is 24.3 Å². The van der Waals surface area contributed by atoms with Crippen LogP contribution in [0.2, 0.25) is 0 Å². The lowest BCUT2D eigenvalue weighted by molar-refractivity contribution is -0.627. The van der Waals surface area contributed by atoms with Gasteiger partial charge in [0.2, 0.25) is 5.91 Å². The van der Waals surface area contributed by atoms with Crippen LogP contribution in [0.15, 0.2) is 53.4 Å². The molecule has 1 unspecified atom stereocenters. The van der Waals surface area contributed by atoms with E-state index in [1.165, 1.54) is 4.90 Å². The second-order valence-electron chi connectivity index (χ2n) is 13.0. The molecule has 2 atom stereocenters. The quantitative estimate of drug-likeness (QED) is 0.363. The lowest BCUT2D eigenvalue weighted by Gasteiger charge is -3.09. The van der Waals surface area contributed by atoms with E-state index in [4.69, 9.17) is 0 Å². The van der Waals surface area contributed by atoms with Gasteiger partial charge in [0.05, 0.1) is 21.0 Å². The van der Waals surface area contributed by atoms with Gasteiger partial charge in [0.1, 0.15) is 5.82 Å². The van der Waals surface area contributed by atoms with E-state index in [2.05, 4.69) is 0 Å². The molecule has 7 fully saturated rings. The van der Waals surface area contributed by atoms with E-state index in [0.717, 1.165) is 36.4 Å². The minimum atomic E-state index is -6.33. The summed E-state index contributed by atoms with van der Waals surface area (Å²) in [5.41, 5.74) is -8.93. The van der Waals surface area contributed by atoms with E-state index in [-0.39, 0.29) is 65.0 Å². The van der Waals surface area contributed by atoms with Crippen LogP contribution in [0.4, 0.5) is 35.1 Å². The smallest absolute Gasteiger partial charge is 0.435 e. The van der Waals surface area contributed by atoms with Gasteiger partial charge in [-0.15, -0.1) is 0 Å². The first-order valence-electron chi connectivity index (χ1n) is 13.8. The van der Waals surface area contributed by atoms with Crippen molar-refractivity contribution >= 4 is 21.7 Å². The summed E-state index contributed by atoms with van der Waals surface area (Å²) in [5, 5.41) is 8.33. The molecule has 15 heteroatoms. The monoisotopic (exact) mass is 647 g/mol. The first-order valence-corrected chi connectivity index (χ1v) is 15.4. The second kappa shape index (κ2) is 7.76. The van der Waals surface area contributed by atoms with E-state index in [1.807, 2.05) is 0 Å². The number of rotatable bonds is 6. The second-order valence-corrected chi connectivity index (χ2v) is 15.1. The Labute approximate surface area is 243 Å². The number of alkyl halides is 7. The van der Waals surface area contributed by atoms with Crippen molar-refractivity contribution in [1.29, 1.82) is 0 Å². The molecule has 6 saturated carbocycles. The summed E-state index contributed by atoms with van der Waals surface area (Å²) in [4.78, 5) is 26.9. The maximum atomic E-state index is 14.6. The Morgan fingerprint density at radius 2 is 1.23 bits per heavy atom. The molecule has 1 N–H and O–H groups in total. The molecule has 0 radical (unpaired) electrons. The van der Waals surface area contributed by atoms with Gasteiger partial charge in [0.25, 0.3) is 0 Å². The number of aliphatic carboxylic acids is 1. The zero-order chi connectivity index (χ0) is 31.7. The van der Waals surface area contributed by atoms with E-state index in [0.29, 0.717) is 12.1 Å². The predicted octanol–water partition coefficient (Wildman–Crippen LogP) is 4.71. The molecule has 0 bridgehead atoms. The van der Waals surface area contributed by atoms with E-state index < -0.39 is 67.2 Å². The lowest BCUT2D eigenvalue weighted by Crippen LogP contribution is -3.12. The number of amides is 1. The number of carbonyl (C=O) groups excluding carboxylic acids is 1. The van der Waals surface area contributed by atoms with Crippen LogP contribution in [0, 0.1) is 52.2 Å². The van der Waals surface area contributed by atoms with Gasteiger partial charge in [-0.3, -0.25) is 9.59 Å². The fourth-order valence-corrected chi connectivity index (χ4v) is 12.4. The standard InChI is InChI=1S/C29H21F8NO5S/c30-13-5-7-14(8-6-13)44(42,43)16-10-38(23(39)25-17-20-18(25)22-19(25)21(17)26(20,22)24(40)41)9-15(16)11-1-3-12(4-2-11)27(31,28(32,33)34)29(35,36)37/h1-8,15-22H,9-10H2,(H,40,41)/t15-,16?,17?,18?,19?,20?,21?,22?,25?,26?/m1/s1. The summed E-state index contributed by atoms with van der Waals surface area (Å²) in [6, 6.07) is 6.08. The number of carboxylic acid groups (broad SMARTS) is 1. The Hall–Kier alpha value is -3.23. The number of likely N-dealkylation sites (tertiary alicyclic amines) is 1. The molecule has 234 valence electrons. The molecule has 1 heterocycles. The summed E-state index contributed by atoms with van der Waals surface area (Å²) >= 11 is 0. The highest BCUT2D eigenvalue weighted by Crippen LogP contribution is 3.10. The van der Waals surface area contributed by atoms with Crippen molar-refractivity contribution in [3.8, 4) is 0 Å². The van der Waals surface area contributed by atoms with Crippen molar-refractivity contribution in [3.63, 3.8) is 0 Å². The summed E-state index contributed by atoms with van der Waals surface area (Å²) < 4.78 is 136. The zero-order valence-corrected chi connectivity index (χ0v) is 22.9. The van der Waals surface area contributed by atoms with Gasteiger partial charge < -0.3 is 10.0 Å². The average molecular weight is 648 g/mol. The largest absolute Gasteiger partial charge is 0.481 e. The minimum absolute atomic E-state index is 0.0226. The van der Waals surface area contributed by atoms with Crippen molar-refractivity contribution in [2.75, 3.05) is 13.1 Å². The van der Waals surface area contributed by atoms with E-state index in [9.17, 15) is 58.2 Å². The van der Waals surface area contributed by atoms with E-state index >= 15 is 0 Å². The number of halogens is 8. The highest BCUT2D eigenvalue weighted by molar-refractivity contribution is 7.92. The molecule has 2 aromatic carbocycles. The van der Waals surface area contributed by atoms with Gasteiger partial charge in [0, 0.05) is 24.6 Å². The molecule has 9 rings (SSSR count). The van der Waals surface area contributed by atoms with Crippen molar-refractivity contribution in [2.45, 2.75) is 34.1 Å². The number of sulfone groups is 1. The Kier molecular flexibility index (Phi) is 4.98. The Bertz CT molecular complexity index is 1690. The molecule has 0 spiro atoms. The minimum Gasteiger partial charge on any atom is -0.481 e. The number of carbonyl (C=O) groups is 2. The third-order valence-electron chi connectivity index (χ3n) is 12.0. The summed E-state index contributed by atoms with van der Waals surface area (Å²) in [6.45, 7) is -0.582. The summed E-state index contributed by atoms with van der Waals surface area (Å²) in [6.07, 6.45) is -12.7. The van der Waals surface area contributed by atoms with Crippen LogP contribution in [0.25, 0.3) is 0 Å². The van der Waals surface area contributed by atoms with Crippen LogP contribution in [0.5, 0.6) is 0 Å². The molecule has 1 saturated heterocycles. The molecule has 1 aliphatic heterocycles. The Morgan fingerprint density at radius 1 is 0.750 bits per heavy atom. The fraction of sp³-hybridized carbons (Fsp3) is 0.517. The summed E-state index contributed by atoms with van der Waals surface area (Å²) in [7, 11) is -4.33. The maximum absolute atomic E-state index is 14.6. The van der Waals surface area contributed by atoms with Gasteiger partial charge in [0.15, 0.2) is 9.84 Å². The number of carboxylic acids is 1. The maximum Gasteiger partial charge on any atom is 0.435 e. The predicted molar refractivity (Wildman–Crippen MR) is 131 cm³/mol. The van der Waals surface area contributed by atoms with Crippen LogP contribution in [0.1, 0.15) is 17.0 Å². The Morgan fingerprint density at radius 3 is 1.68 bits per heavy atom. The topological polar surface area (TPSA) is 91.8 Å². The highest BCUT2D eigenvalue weighted by atomic mass is 32.2. The van der Waals surface area contributed by atoms with Gasteiger partial charge >= 0.3 is 24.0 Å². The molecule has 2 aromatic rings. The first kappa shape index (κ1) is 28.3. The van der Waals surface area contributed by atoms with Gasteiger partial charge in [-0.25, -0.2) is 17.2 Å². The van der Waals surface area contributed by atoms with Crippen molar-refractivity contribution in [1.82, 2.24) is 4.90 Å². The average Bonchev–Trinajstić information content (AvgIpc) is 3.42. The van der Waals surface area contributed by atoms with Crippen LogP contribution >= 0.6 is 0 Å². The van der Waals surface area contributed by atoms with Crippen LogP contribution in [-0.2, 0) is 25.1 Å². The van der Waals surface area contributed by atoms with Crippen molar-refractivity contribution < 1.29 is 58.2 Å². The third kappa shape index (κ3) is 2.64. The molecular weight excluding hydrogens is 626 g/mol. The molecule has 6 nitrogen and oxygen atoms in total. The normalized spacial score (nSPS) is 39.3. The highest BCUT2D eigenvalue weighted by Gasteiger charge is 3.13. The number of hydrogen-bond acceptors (Lipinski definition) is 4.